The number of amides is 5. The van der Waals surface area contributed by atoms with Crippen LogP contribution in [0.15, 0.2) is 48.5 Å². The lowest BCUT2D eigenvalue weighted by Crippen LogP contribution is -2.50. The molecule has 0 saturated carbocycles. The lowest BCUT2D eigenvalue weighted by atomic mass is 10.1. The highest BCUT2D eigenvalue weighted by Crippen LogP contribution is 2.22. The van der Waals surface area contributed by atoms with Crippen molar-refractivity contribution >= 4 is 35.3 Å². The number of rotatable bonds is 8. The number of benzene rings is 2. The van der Waals surface area contributed by atoms with E-state index >= 15 is 0 Å². The van der Waals surface area contributed by atoms with Crippen LogP contribution in [0.25, 0.3) is 11.4 Å². The van der Waals surface area contributed by atoms with Gasteiger partial charge in [0.2, 0.25) is 5.95 Å². The van der Waals surface area contributed by atoms with Crippen LogP contribution in [0.4, 0.5) is 26.9 Å². The Morgan fingerprint density at radius 3 is 2.04 bits per heavy atom. The number of aromatic nitrogens is 3. The van der Waals surface area contributed by atoms with Crippen molar-refractivity contribution in [3.8, 4) is 11.4 Å². The molecule has 50 heavy (non-hydrogen) atoms. The van der Waals surface area contributed by atoms with E-state index in [2.05, 4.69) is 39.2 Å². The van der Waals surface area contributed by atoms with Gasteiger partial charge in [-0.1, -0.05) is 0 Å². The maximum atomic E-state index is 13.0. The summed E-state index contributed by atoms with van der Waals surface area (Å²) in [5, 5.41) is 5.71. The molecule has 0 bridgehead atoms. The lowest BCUT2D eigenvalue weighted by Gasteiger charge is -2.37. The summed E-state index contributed by atoms with van der Waals surface area (Å²) in [7, 11) is 0. The van der Waals surface area contributed by atoms with Gasteiger partial charge in [0, 0.05) is 94.0 Å². The summed E-state index contributed by atoms with van der Waals surface area (Å²) in [5.41, 5.74) is 8.09. The average molecular weight is 686 g/mol. The van der Waals surface area contributed by atoms with Crippen molar-refractivity contribution in [2.24, 2.45) is 5.73 Å². The maximum Gasteiger partial charge on any atom is 0.323 e. The summed E-state index contributed by atoms with van der Waals surface area (Å²) in [6.07, 6.45) is 0.820. The zero-order valence-electron chi connectivity index (χ0n) is 28.9. The number of morpholine rings is 1. The number of anilines is 3. The van der Waals surface area contributed by atoms with Crippen LogP contribution < -0.4 is 21.3 Å². The van der Waals surface area contributed by atoms with Crippen molar-refractivity contribution < 1.29 is 19.1 Å². The molecule has 2 aromatic carbocycles. The molecule has 5 amide bonds. The third-order valence-corrected chi connectivity index (χ3v) is 9.35. The Balaban J connectivity index is 1.08. The van der Waals surface area contributed by atoms with Crippen LogP contribution in [0.1, 0.15) is 36.5 Å². The maximum absolute atomic E-state index is 13.0. The van der Waals surface area contributed by atoms with Crippen molar-refractivity contribution in [2.75, 3.05) is 94.2 Å². The number of ether oxygens (including phenoxy) is 1. The number of nitrogens with one attached hydrogen (secondary N) is 2. The monoisotopic (exact) mass is 685 g/mol. The van der Waals surface area contributed by atoms with Gasteiger partial charge in [0.1, 0.15) is 5.82 Å². The molecule has 1 aromatic heterocycles. The van der Waals surface area contributed by atoms with Crippen LogP contribution in [-0.4, -0.2) is 137 Å². The van der Waals surface area contributed by atoms with Gasteiger partial charge in [-0.15, -0.1) is 0 Å². The first-order chi connectivity index (χ1) is 24.2. The van der Waals surface area contributed by atoms with E-state index in [1.807, 2.05) is 17.0 Å². The molecule has 4 heterocycles. The topological polar surface area (TPSA) is 165 Å². The number of piperazine rings is 1. The fourth-order valence-electron chi connectivity index (χ4n) is 6.38. The SMILES string of the molecule is CC(C)N1CCN(C(=O)c2ccc(NC(=O)Nc3ccc(-c4nc(CN5CCCN(C(N)=O)CC5)nc(N5CCOCC5)n4)cc3)cc2)CC1. The second-order valence-electron chi connectivity index (χ2n) is 13.1. The summed E-state index contributed by atoms with van der Waals surface area (Å²) in [6.45, 7) is 13.3. The second kappa shape index (κ2) is 16.2. The normalized spacial score (nSPS) is 17.8. The van der Waals surface area contributed by atoms with E-state index in [4.69, 9.17) is 25.4 Å². The molecule has 15 nitrogen and oxygen atoms in total. The predicted molar refractivity (Wildman–Crippen MR) is 191 cm³/mol. The molecule has 0 spiro atoms. The number of nitrogens with zero attached hydrogens (tertiary/aromatic N) is 8. The van der Waals surface area contributed by atoms with Crippen LogP contribution in [0.2, 0.25) is 0 Å². The number of carbonyl (C=O) groups is 3. The van der Waals surface area contributed by atoms with E-state index in [1.165, 1.54) is 0 Å². The molecule has 0 atom stereocenters. The largest absolute Gasteiger partial charge is 0.378 e. The van der Waals surface area contributed by atoms with Crippen LogP contribution >= 0.6 is 0 Å². The highest BCUT2D eigenvalue weighted by Gasteiger charge is 2.24. The zero-order chi connectivity index (χ0) is 35.0. The Hall–Kier alpha value is -4.86. The first-order valence-electron chi connectivity index (χ1n) is 17.4. The van der Waals surface area contributed by atoms with Crippen LogP contribution in [-0.2, 0) is 11.3 Å². The molecule has 3 fully saturated rings. The number of hydrogen-bond donors (Lipinski definition) is 3. The smallest absolute Gasteiger partial charge is 0.323 e. The van der Waals surface area contributed by atoms with E-state index in [0.717, 1.165) is 31.6 Å². The number of carbonyl (C=O) groups excluding carboxylic acids is 3. The standard InChI is InChI=1S/C35H47N11O4/c1-25(2)43-16-18-44(19-17-43)32(47)27-6-10-29(11-7-27)38-35(49)37-28-8-4-26(5-9-28)31-39-30(40-34(41-31)46-20-22-50-23-21-46)24-42-12-3-13-45(15-14-42)33(36)48/h4-11,25H,3,12-24H2,1-2H3,(H2,36,48)(H2,37,38,49). The van der Waals surface area contributed by atoms with Gasteiger partial charge in [0.25, 0.3) is 5.91 Å². The minimum absolute atomic E-state index is 0.00495. The van der Waals surface area contributed by atoms with E-state index in [1.54, 1.807) is 41.3 Å². The van der Waals surface area contributed by atoms with Gasteiger partial charge < -0.3 is 35.8 Å². The van der Waals surface area contributed by atoms with Crippen molar-refractivity contribution in [1.82, 2.24) is 34.6 Å². The molecule has 3 aromatic rings. The zero-order valence-corrected chi connectivity index (χ0v) is 28.9. The van der Waals surface area contributed by atoms with Gasteiger partial charge in [0.05, 0.1) is 19.8 Å². The van der Waals surface area contributed by atoms with Gasteiger partial charge >= 0.3 is 12.1 Å². The third kappa shape index (κ3) is 9.02. The van der Waals surface area contributed by atoms with Crippen LogP contribution in [0.3, 0.4) is 0 Å². The molecule has 3 saturated heterocycles. The summed E-state index contributed by atoms with van der Waals surface area (Å²) in [4.78, 5) is 62.3. The fraction of sp³-hybridized carbons (Fsp3) is 0.486. The molecular weight excluding hydrogens is 638 g/mol. The van der Waals surface area contributed by atoms with Crippen LogP contribution in [0, 0.1) is 0 Å². The van der Waals surface area contributed by atoms with Crippen LogP contribution in [0.5, 0.6) is 0 Å². The van der Waals surface area contributed by atoms with Crippen molar-refractivity contribution in [1.29, 1.82) is 0 Å². The molecule has 0 unspecified atom stereocenters. The summed E-state index contributed by atoms with van der Waals surface area (Å²) in [6, 6.07) is 14.0. The first-order valence-corrected chi connectivity index (χ1v) is 17.4. The first kappa shape index (κ1) is 35.0. The molecule has 0 radical (unpaired) electrons. The predicted octanol–water partition coefficient (Wildman–Crippen LogP) is 2.77. The Morgan fingerprint density at radius 2 is 1.40 bits per heavy atom. The summed E-state index contributed by atoms with van der Waals surface area (Å²) < 4.78 is 5.54. The fourth-order valence-corrected chi connectivity index (χ4v) is 6.38. The quantitative estimate of drug-likeness (QED) is 0.321. The molecule has 6 rings (SSSR count). The van der Waals surface area contributed by atoms with Gasteiger partial charge in [-0.25, -0.2) is 14.6 Å². The Kier molecular flexibility index (Phi) is 11.4. The Bertz CT molecular complexity index is 1620. The highest BCUT2D eigenvalue weighted by atomic mass is 16.5. The minimum Gasteiger partial charge on any atom is -0.378 e. The molecule has 266 valence electrons. The van der Waals surface area contributed by atoms with Gasteiger partial charge in [-0.05, 0) is 68.8 Å². The molecule has 4 N–H and O–H groups in total. The van der Waals surface area contributed by atoms with Gasteiger partial charge in [-0.2, -0.15) is 9.97 Å². The third-order valence-electron chi connectivity index (χ3n) is 9.35. The molecule has 3 aliphatic heterocycles. The van der Waals surface area contributed by atoms with E-state index in [0.29, 0.717) is 106 Å². The minimum atomic E-state index is -0.397. The summed E-state index contributed by atoms with van der Waals surface area (Å²) >= 11 is 0. The Labute approximate surface area is 292 Å². The average Bonchev–Trinajstić information content (AvgIpc) is 3.38. The van der Waals surface area contributed by atoms with Gasteiger partial charge in [0.15, 0.2) is 5.82 Å². The molecule has 3 aliphatic rings. The highest BCUT2D eigenvalue weighted by molar-refractivity contribution is 6.00. The lowest BCUT2D eigenvalue weighted by molar-refractivity contribution is 0.0595. The number of urea groups is 2. The molecular formula is C35H47N11O4. The Morgan fingerprint density at radius 1 is 0.760 bits per heavy atom. The second-order valence-corrected chi connectivity index (χ2v) is 13.1. The van der Waals surface area contributed by atoms with Crippen molar-refractivity contribution in [3.05, 3.63) is 59.9 Å². The van der Waals surface area contributed by atoms with E-state index in [9.17, 15) is 14.4 Å². The molecule has 0 aliphatic carbocycles. The van der Waals surface area contributed by atoms with E-state index in [-0.39, 0.29) is 5.91 Å². The summed E-state index contributed by atoms with van der Waals surface area (Å²) in [5.74, 6) is 1.79. The van der Waals surface area contributed by atoms with Crippen molar-refractivity contribution in [2.45, 2.75) is 32.9 Å². The van der Waals surface area contributed by atoms with E-state index < -0.39 is 12.1 Å². The molecule has 15 heteroatoms. The number of primary amides is 1. The number of nitrogens with two attached hydrogens (primary N) is 1. The van der Waals surface area contributed by atoms with Crippen molar-refractivity contribution in [3.63, 3.8) is 0 Å². The number of hydrogen-bond acceptors (Lipinski definition) is 10. The van der Waals surface area contributed by atoms with Gasteiger partial charge in [-0.3, -0.25) is 14.6 Å².